The molecule has 0 saturated carbocycles. The summed E-state index contributed by atoms with van der Waals surface area (Å²) < 4.78 is 5.33. The van der Waals surface area contributed by atoms with Crippen LogP contribution in [0.5, 0.6) is 0 Å². The first-order valence-corrected chi connectivity index (χ1v) is 8.19. The van der Waals surface area contributed by atoms with E-state index in [9.17, 15) is 0 Å². The van der Waals surface area contributed by atoms with E-state index in [2.05, 4.69) is 48.5 Å². The lowest BCUT2D eigenvalue weighted by Gasteiger charge is -2.27. The predicted molar refractivity (Wildman–Crippen MR) is 92.0 cm³/mol. The van der Waals surface area contributed by atoms with Gasteiger partial charge in [-0.3, -0.25) is 4.99 Å². The summed E-state index contributed by atoms with van der Waals surface area (Å²) in [7, 11) is 6.10. The van der Waals surface area contributed by atoms with Crippen molar-refractivity contribution in [2.75, 3.05) is 47.4 Å². The second-order valence-corrected chi connectivity index (χ2v) is 6.03. The van der Waals surface area contributed by atoms with Crippen LogP contribution in [0.1, 0.15) is 40.0 Å². The highest BCUT2D eigenvalue weighted by Crippen LogP contribution is 2.07. The highest BCUT2D eigenvalue weighted by atomic mass is 16.5. The number of rotatable bonds is 11. The third-order valence-corrected chi connectivity index (χ3v) is 3.41. The number of unbranched alkanes of at least 4 members (excludes halogenated alkanes) is 1. The maximum atomic E-state index is 5.33. The first-order chi connectivity index (χ1) is 10.0. The molecule has 0 bridgehead atoms. The molecule has 0 aliphatic heterocycles. The van der Waals surface area contributed by atoms with E-state index >= 15 is 0 Å². The molecule has 0 aliphatic carbocycles. The minimum Gasteiger partial charge on any atom is -0.382 e. The highest BCUT2D eigenvalue weighted by molar-refractivity contribution is 5.79. The molecule has 0 heterocycles. The Morgan fingerprint density at radius 2 is 1.90 bits per heavy atom. The fraction of sp³-hybridized carbons (Fsp3) is 0.938. The molecule has 0 rings (SSSR count). The van der Waals surface area contributed by atoms with Crippen molar-refractivity contribution in [1.29, 1.82) is 0 Å². The number of guanidine groups is 1. The Labute approximate surface area is 131 Å². The maximum absolute atomic E-state index is 5.33. The molecule has 0 fully saturated rings. The van der Waals surface area contributed by atoms with E-state index in [1.165, 1.54) is 6.42 Å². The number of hydrogen-bond donors (Lipinski definition) is 2. The Balaban J connectivity index is 3.92. The van der Waals surface area contributed by atoms with Crippen molar-refractivity contribution < 1.29 is 4.74 Å². The van der Waals surface area contributed by atoms with Gasteiger partial charge in [0.05, 0.1) is 0 Å². The van der Waals surface area contributed by atoms with E-state index in [0.29, 0.717) is 12.0 Å². The van der Waals surface area contributed by atoms with Gasteiger partial charge in [0, 0.05) is 39.4 Å². The van der Waals surface area contributed by atoms with Gasteiger partial charge >= 0.3 is 0 Å². The normalized spacial score (nSPS) is 13.8. The number of aliphatic imine (C=N–C) groups is 1. The second-order valence-electron chi connectivity index (χ2n) is 6.03. The Morgan fingerprint density at radius 3 is 2.43 bits per heavy atom. The van der Waals surface area contributed by atoms with Gasteiger partial charge in [0.1, 0.15) is 0 Å². The molecule has 21 heavy (non-hydrogen) atoms. The lowest BCUT2D eigenvalue weighted by molar-refractivity contribution is 0.143. The van der Waals surface area contributed by atoms with Crippen LogP contribution in [0.4, 0.5) is 0 Å². The monoisotopic (exact) mass is 300 g/mol. The Hall–Kier alpha value is -0.810. The van der Waals surface area contributed by atoms with Crippen molar-refractivity contribution in [2.24, 2.45) is 10.9 Å². The van der Waals surface area contributed by atoms with E-state index in [0.717, 1.165) is 45.1 Å². The smallest absolute Gasteiger partial charge is 0.191 e. The molecule has 1 atom stereocenters. The fourth-order valence-corrected chi connectivity index (χ4v) is 2.14. The van der Waals surface area contributed by atoms with E-state index in [1.807, 2.05) is 14.0 Å². The summed E-state index contributed by atoms with van der Waals surface area (Å²) in [6, 6.07) is 0.529. The van der Waals surface area contributed by atoms with Crippen molar-refractivity contribution in [1.82, 2.24) is 15.5 Å². The standard InChI is InChI=1S/C16H36N4O/c1-7-21-11-9-8-10-18-16(17-4)19-13-15(20(5)6)12-14(2)3/h14-15H,7-13H2,1-6H3,(H2,17,18,19). The van der Waals surface area contributed by atoms with Crippen LogP contribution in [0.3, 0.4) is 0 Å². The molecule has 5 nitrogen and oxygen atoms in total. The molecule has 1 unspecified atom stereocenters. The molecule has 5 heteroatoms. The topological polar surface area (TPSA) is 48.9 Å². The van der Waals surface area contributed by atoms with Crippen molar-refractivity contribution in [3.8, 4) is 0 Å². The third kappa shape index (κ3) is 11.5. The van der Waals surface area contributed by atoms with Crippen molar-refractivity contribution in [2.45, 2.75) is 46.1 Å². The van der Waals surface area contributed by atoms with Gasteiger partial charge in [-0.2, -0.15) is 0 Å². The lowest BCUT2D eigenvalue weighted by atomic mass is 10.0. The molecule has 0 spiro atoms. The first kappa shape index (κ1) is 20.2. The van der Waals surface area contributed by atoms with Crippen LogP contribution in [0.25, 0.3) is 0 Å². The zero-order chi connectivity index (χ0) is 16.1. The Kier molecular flexibility index (Phi) is 12.4. The maximum Gasteiger partial charge on any atom is 0.191 e. The van der Waals surface area contributed by atoms with Gasteiger partial charge < -0.3 is 20.3 Å². The van der Waals surface area contributed by atoms with Gasteiger partial charge in [-0.15, -0.1) is 0 Å². The van der Waals surface area contributed by atoms with Crippen LogP contribution in [-0.2, 0) is 4.74 Å². The zero-order valence-electron chi connectivity index (χ0n) is 14.9. The minimum atomic E-state index is 0.529. The van der Waals surface area contributed by atoms with Crippen LogP contribution in [0.2, 0.25) is 0 Å². The van der Waals surface area contributed by atoms with Crippen LogP contribution in [0.15, 0.2) is 4.99 Å². The molecule has 0 aromatic heterocycles. The molecular formula is C16H36N4O. The summed E-state index contributed by atoms with van der Waals surface area (Å²) in [5.41, 5.74) is 0. The SMILES string of the molecule is CCOCCCCNC(=NC)NCC(CC(C)C)N(C)C. The molecule has 2 N–H and O–H groups in total. The molecule has 0 radical (unpaired) electrons. The lowest BCUT2D eigenvalue weighted by Crippen LogP contribution is -2.45. The summed E-state index contributed by atoms with van der Waals surface area (Å²) in [4.78, 5) is 6.56. The van der Waals surface area contributed by atoms with Crippen molar-refractivity contribution in [3.05, 3.63) is 0 Å². The summed E-state index contributed by atoms with van der Waals surface area (Å²) in [5, 5.41) is 6.78. The van der Waals surface area contributed by atoms with Crippen LogP contribution >= 0.6 is 0 Å². The van der Waals surface area contributed by atoms with E-state index in [-0.39, 0.29) is 0 Å². The molecular weight excluding hydrogens is 264 g/mol. The van der Waals surface area contributed by atoms with Gasteiger partial charge in [-0.1, -0.05) is 13.8 Å². The van der Waals surface area contributed by atoms with E-state index < -0.39 is 0 Å². The molecule has 0 aromatic carbocycles. The number of hydrogen-bond acceptors (Lipinski definition) is 3. The number of nitrogens with one attached hydrogen (secondary N) is 2. The van der Waals surface area contributed by atoms with E-state index in [1.54, 1.807) is 0 Å². The van der Waals surface area contributed by atoms with Crippen LogP contribution in [0, 0.1) is 5.92 Å². The van der Waals surface area contributed by atoms with Gasteiger partial charge in [0.2, 0.25) is 0 Å². The molecule has 0 aromatic rings. The van der Waals surface area contributed by atoms with Gasteiger partial charge in [-0.25, -0.2) is 0 Å². The Bertz CT molecular complexity index is 267. The van der Waals surface area contributed by atoms with Crippen LogP contribution in [-0.4, -0.2) is 64.3 Å². The quantitative estimate of drug-likeness (QED) is 0.348. The summed E-state index contributed by atoms with van der Waals surface area (Å²) in [5.74, 6) is 1.59. The average Bonchev–Trinajstić information content (AvgIpc) is 2.43. The summed E-state index contributed by atoms with van der Waals surface area (Å²) in [6.45, 7) is 10.1. The fourth-order valence-electron chi connectivity index (χ4n) is 2.14. The average molecular weight is 300 g/mol. The molecule has 126 valence electrons. The third-order valence-electron chi connectivity index (χ3n) is 3.41. The largest absolute Gasteiger partial charge is 0.382 e. The second kappa shape index (κ2) is 12.9. The van der Waals surface area contributed by atoms with Crippen molar-refractivity contribution in [3.63, 3.8) is 0 Å². The van der Waals surface area contributed by atoms with Crippen molar-refractivity contribution >= 4 is 5.96 Å². The van der Waals surface area contributed by atoms with Crippen LogP contribution < -0.4 is 10.6 Å². The first-order valence-electron chi connectivity index (χ1n) is 8.19. The Morgan fingerprint density at radius 1 is 1.19 bits per heavy atom. The minimum absolute atomic E-state index is 0.529. The van der Waals surface area contributed by atoms with Gasteiger partial charge in [0.25, 0.3) is 0 Å². The predicted octanol–water partition coefficient (Wildman–Crippen LogP) is 1.94. The number of likely N-dealkylation sites (N-methyl/N-ethyl adjacent to an activating group) is 1. The van der Waals surface area contributed by atoms with E-state index in [4.69, 9.17) is 4.74 Å². The summed E-state index contributed by atoms with van der Waals surface area (Å²) >= 11 is 0. The zero-order valence-corrected chi connectivity index (χ0v) is 14.9. The van der Waals surface area contributed by atoms with Gasteiger partial charge in [0.15, 0.2) is 5.96 Å². The molecule has 0 saturated heterocycles. The number of ether oxygens (including phenoxy) is 1. The number of nitrogens with zero attached hydrogens (tertiary/aromatic N) is 2. The summed E-state index contributed by atoms with van der Waals surface area (Å²) in [6.07, 6.45) is 3.38. The molecule has 0 aliphatic rings. The molecule has 0 amide bonds. The van der Waals surface area contributed by atoms with Gasteiger partial charge in [-0.05, 0) is 46.2 Å². The highest BCUT2D eigenvalue weighted by Gasteiger charge is 2.13.